The highest BCUT2D eigenvalue weighted by molar-refractivity contribution is 7.19. The molecule has 0 radical (unpaired) electrons. The first-order valence-corrected chi connectivity index (χ1v) is 21.2. The number of aromatic nitrogens is 5. The zero-order valence-corrected chi connectivity index (χ0v) is 32.9. The van der Waals surface area contributed by atoms with Crippen molar-refractivity contribution in [2.75, 3.05) is 4.90 Å². The van der Waals surface area contributed by atoms with E-state index in [1.54, 1.807) is 10.8 Å². The summed E-state index contributed by atoms with van der Waals surface area (Å²) in [6.07, 6.45) is 4.76. The fraction of sp³-hybridized carbons (Fsp3) is 0.154. The fourth-order valence-electron chi connectivity index (χ4n) is 9.34. The lowest BCUT2D eigenvalue weighted by Crippen LogP contribution is -2.74. The van der Waals surface area contributed by atoms with Gasteiger partial charge in [-0.3, -0.25) is 9.47 Å². The van der Waals surface area contributed by atoms with Crippen LogP contribution in [0.5, 0.6) is 0 Å². The molecule has 0 spiro atoms. The van der Waals surface area contributed by atoms with E-state index in [0.717, 1.165) is 35.6 Å². The van der Waals surface area contributed by atoms with Gasteiger partial charge in [-0.25, -0.2) is 4.98 Å². The summed E-state index contributed by atoms with van der Waals surface area (Å²) in [6, 6.07) is -1.09. The average molecular weight is 800 g/mol. The molecule has 11 rings (SSSR count). The maximum atomic E-state index is 10.6. The predicted octanol–water partition coefficient (Wildman–Crippen LogP) is 9.15. The summed E-state index contributed by atoms with van der Waals surface area (Å²) < 4.78 is 179. The summed E-state index contributed by atoms with van der Waals surface area (Å²) in [7, 11) is -6.17. The van der Waals surface area contributed by atoms with Crippen LogP contribution in [0.2, 0.25) is 0 Å². The Hall–Kier alpha value is -6.70. The van der Waals surface area contributed by atoms with Crippen molar-refractivity contribution < 1.29 is 26.0 Å². The summed E-state index contributed by atoms with van der Waals surface area (Å²) in [5.74, 6) is -0.0225. The lowest BCUT2D eigenvalue weighted by atomic mass is 9.62. The van der Waals surface area contributed by atoms with Crippen LogP contribution in [-0.2, 0) is 5.41 Å². The highest BCUT2D eigenvalue weighted by atomic mass is 28.3. The Morgan fingerprint density at radius 1 is 0.576 bits per heavy atom. The van der Waals surface area contributed by atoms with Gasteiger partial charge in [-0.1, -0.05) is 177 Å². The van der Waals surface area contributed by atoms with Crippen molar-refractivity contribution in [1.82, 2.24) is 24.5 Å². The molecule has 2 unspecified atom stereocenters. The fourth-order valence-corrected chi connectivity index (χ4v) is 12.9. The van der Waals surface area contributed by atoms with Crippen molar-refractivity contribution in [3.63, 3.8) is 0 Å². The second-order valence-corrected chi connectivity index (χ2v) is 18.7. The molecule has 2 aliphatic rings. The highest BCUT2D eigenvalue weighted by Gasteiger charge is 2.59. The van der Waals surface area contributed by atoms with Crippen LogP contribution in [0.15, 0.2) is 182 Å². The largest absolute Gasteiger partial charge is 0.288 e. The molecule has 9 aromatic rings. The van der Waals surface area contributed by atoms with Gasteiger partial charge in [0.1, 0.15) is 5.82 Å². The van der Waals surface area contributed by atoms with Crippen LogP contribution in [-0.4, -0.2) is 38.1 Å². The summed E-state index contributed by atoms with van der Waals surface area (Å²) in [5, 5.41) is -2.18. The van der Waals surface area contributed by atoms with Gasteiger partial charge in [-0.2, -0.15) is 15.0 Å². The Kier molecular flexibility index (Phi) is 4.84. The number of nitrogens with zero attached hydrogens (tertiary/aromatic N) is 6. The Balaban J connectivity index is 1.38. The number of benzene rings is 6. The van der Waals surface area contributed by atoms with Crippen molar-refractivity contribution in [3.05, 3.63) is 187 Å². The van der Waals surface area contributed by atoms with Crippen molar-refractivity contribution in [3.8, 4) is 17.3 Å². The van der Waals surface area contributed by atoms with Crippen LogP contribution in [0.25, 0.3) is 39.1 Å². The molecule has 286 valence electrons. The second kappa shape index (κ2) is 13.7. The van der Waals surface area contributed by atoms with Gasteiger partial charge < -0.3 is 0 Å². The van der Waals surface area contributed by atoms with Gasteiger partial charge in [-0.05, 0) is 58.7 Å². The van der Waals surface area contributed by atoms with E-state index in [4.69, 9.17) is 32.3 Å². The molecule has 6 aromatic carbocycles. The quantitative estimate of drug-likeness (QED) is 0.119. The van der Waals surface area contributed by atoms with E-state index in [-0.39, 0.29) is 11.9 Å². The number of rotatable bonds is 7. The lowest BCUT2D eigenvalue weighted by molar-refractivity contribution is 0.193. The Labute approximate surface area is 372 Å². The number of hydrogen-bond acceptors (Lipinski definition) is 5. The zero-order valence-electron chi connectivity index (χ0n) is 50.9. The van der Waals surface area contributed by atoms with Crippen LogP contribution in [0, 0.1) is 0 Å². The smallest absolute Gasteiger partial charge is 0.240 e. The second-order valence-electron chi connectivity index (χ2n) is 15.2. The SMILES string of the molecule is [2H]c1c([2H])c([2H])c([Si](c2c([2H])c([2H])c([2H])c([2H])c2[2H])(c2c([2H])c([2H])c([2H])c([2H])c2[2H])c2c([2H])c([2H])c([2H])c(-c3nc(N4c5ncccc5C5(C)CCCCC45C)nc(-n4c5ccccc5c5ccccc54)n3)c2[2H])c([2H])c1[2H]. The van der Waals surface area contributed by atoms with Crippen LogP contribution >= 0.6 is 0 Å². The molecule has 0 N–H and O–H groups in total. The van der Waals surface area contributed by atoms with E-state index in [2.05, 4.69) is 13.8 Å². The molecule has 1 saturated carbocycles. The van der Waals surface area contributed by atoms with E-state index in [1.165, 1.54) is 0 Å². The third kappa shape index (κ3) is 5.24. The van der Waals surface area contributed by atoms with Crippen LogP contribution < -0.4 is 25.6 Å². The van der Waals surface area contributed by atoms with Gasteiger partial charge in [0.25, 0.3) is 0 Å². The minimum Gasteiger partial charge on any atom is -0.288 e. The van der Waals surface area contributed by atoms with Crippen molar-refractivity contribution in [2.45, 2.75) is 50.5 Å². The molecule has 3 aromatic heterocycles. The molecule has 0 saturated heterocycles. The van der Waals surface area contributed by atoms with Gasteiger partial charge in [-0.15, -0.1) is 0 Å². The molecule has 7 heteroatoms. The molecule has 1 aliphatic carbocycles. The van der Waals surface area contributed by atoms with Gasteiger partial charge in [0.15, 0.2) is 13.9 Å². The summed E-state index contributed by atoms with van der Waals surface area (Å²) in [5.41, 5.74) is 0.243. The minimum absolute atomic E-state index is 0.0165. The van der Waals surface area contributed by atoms with Crippen molar-refractivity contribution in [1.29, 1.82) is 0 Å². The monoisotopic (exact) mass is 799 g/mol. The van der Waals surface area contributed by atoms with Crippen molar-refractivity contribution >= 4 is 62.4 Å². The Bertz CT molecular complexity index is 3830. The predicted molar refractivity (Wildman–Crippen MR) is 244 cm³/mol. The van der Waals surface area contributed by atoms with E-state index in [0.29, 0.717) is 23.3 Å². The molecular weight excluding hydrogens is 737 g/mol. The first-order valence-electron chi connectivity index (χ1n) is 28.7. The zero-order chi connectivity index (χ0) is 56.1. The maximum Gasteiger partial charge on any atom is 0.240 e. The normalized spacial score (nSPS) is 23.4. The number of hydrogen-bond donors (Lipinski definition) is 0. The molecule has 59 heavy (non-hydrogen) atoms. The van der Waals surface area contributed by atoms with Gasteiger partial charge in [0.2, 0.25) is 11.9 Å². The van der Waals surface area contributed by atoms with Gasteiger partial charge in [0, 0.05) is 33.5 Å². The number of para-hydroxylation sites is 2. The molecule has 1 aliphatic heterocycles. The molecule has 6 nitrogen and oxygen atoms in total. The first-order chi connectivity index (χ1) is 36.9. The van der Waals surface area contributed by atoms with Crippen LogP contribution in [0.3, 0.4) is 0 Å². The average Bonchev–Trinajstić information content (AvgIpc) is 1.73. The maximum absolute atomic E-state index is 10.6. The molecular formula is C52H44N6Si. The Morgan fingerprint density at radius 3 is 1.76 bits per heavy atom. The standard InChI is InChI=1S/C52H44N6Si/c1-51-33-16-17-34-52(51,2)58(48-44(51)30-19-35-53-48)50-55-47(54-49(56-50)57-45-31-14-12-28-42(45)43-29-13-15-32-46(43)57)37-20-18-27-41(36-37)59(38-21-6-3-7-22-38,39-23-8-4-9-24-39)40-25-10-5-11-26-40/h3-15,18-32,35-36H,16-17,33-34H2,1-2H3/i3D,4D,5D,6D,7D,8D,9D,10D,11D,18D,20D,21D,22D,23D,24D,25D,26D,27D,36D. The molecule has 0 amide bonds. The third-order valence-corrected chi connectivity index (χ3v) is 16.3. The van der Waals surface area contributed by atoms with Crippen molar-refractivity contribution in [2.24, 2.45) is 0 Å². The van der Waals surface area contributed by atoms with E-state index >= 15 is 0 Å². The Morgan fingerprint density at radius 2 is 1.14 bits per heavy atom. The topological polar surface area (TPSA) is 59.7 Å². The van der Waals surface area contributed by atoms with E-state index < -0.39 is 166 Å². The van der Waals surface area contributed by atoms with E-state index in [1.807, 2.05) is 65.6 Å². The van der Waals surface area contributed by atoms with Crippen LogP contribution in [0.4, 0.5) is 11.8 Å². The summed E-state index contributed by atoms with van der Waals surface area (Å²) in [6.45, 7) is 4.23. The molecule has 4 heterocycles. The minimum atomic E-state index is -6.17. The van der Waals surface area contributed by atoms with E-state index in [9.17, 15) is 13.7 Å². The highest BCUT2D eigenvalue weighted by Crippen LogP contribution is 2.59. The number of anilines is 2. The van der Waals surface area contributed by atoms with Gasteiger partial charge in [0.05, 0.1) is 42.6 Å². The molecule has 2 atom stereocenters. The third-order valence-electron chi connectivity index (χ3n) is 12.3. The number of pyridine rings is 1. The summed E-state index contributed by atoms with van der Waals surface area (Å²) in [4.78, 5) is 22.1. The number of fused-ring (bicyclic) bond motifs is 6. The summed E-state index contributed by atoms with van der Waals surface area (Å²) >= 11 is 0. The van der Waals surface area contributed by atoms with Gasteiger partial charge >= 0.3 is 0 Å². The lowest BCUT2D eigenvalue weighted by Gasteiger charge is -2.49. The molecule has 0 bridgehead atoms. The molecule has 1 fully saturated rings. The van der Waals surface area contributed by atoms with Crippen LogP contribution in [0.1, 0.15) is 71.1 Å². The first kappa shape index (κ1) is 20.8.